The van der Waals surface area contributed by atoms with Gasteiger partial charge in [0.05, 0.1) is 11.7 Å². The van der Waals surface area contributed by atoms with Crippen molar-refractivity contribution >= 4 is 5.91 Å². The molecule has 1 atom stereocenters. The lowest BCUT2D eigenvalue weighted by atomic mass is 10.0. The van der Waals surface area contributed by atoms with E-state index in [9.17, 15) is 4.79 Å². The van der Waals surface area contributed by atoms with E-state index in [-0.39, 0.29) is 5.91 Å². The maximum absolute atomic E-state index is 11.7. The highest BCUT2D eigenvalue weighted by atomic mass is 16.2. The molecule has 1 aromatic rings. The molecule has 1 unspecified atom stereocenters. The number of imidazole rings is 1. The highest BCUT2D eigenvalue weighted by Crippen LogP contribution is 2.30. The van der Waals surface area contributed by atoms with Crippen molar-refractivity contribution in [3.8, 4) is 0 Å². The second-order valence-electron chi connectivity index (χ2n) is 5.56. The maximum atomic E-state index is 11.7. The van der Waals surface area contributed by atoms with Gasteiger partial charge in [0, 0.05) is 18.8 Å². The molecule has 1 saturated heterocycles. The third-order valence-corrected chi connectivity index (χ3v) is 4.36. The van der Waals surface area contributed by atoms with Crippen molar-refractivity contribution in [3.63, 3.8) is 0 Å². The van der Waals surface area contributed by atoms with E-state index in [2.05, 4.69) is 18.1 Å². The normalized spacial score (nSPS) is 22.4. The first-order valence-corrected chi connectivity index (χ1v) is 7.18. The third kappa shape index (κ3) is 2.09. The largest absolute Gasteiger partial charge is 0.337 e. The topological polar surface area (TPSA) is 38.1 Å². The molecule has 1 fully saturated rings. The lowest BCUT2D eigenvalue weighted by molar-refractivity contribution is -0.125. The monoisotopic (exact) mass is 259 g/mol. The van der Waals surface area contributed by atoms with E-state index in [1.807, 2.05) is 4.90 Å². The lowest BCUT2D eigenvalue weighted by Crippen LogP contribution is -2.27. The Bertz CT molecular complexity index is 518. The summed E-state index contributed by atoms with van der Waals surface area (Å²) in [6.45, 7) is 7.30. The van der Waals surface area contributed by atoms with Crippen LogP contribution in [0.3, 0.4) is 0 Å². The number of aromatic nitrogens is 2. The minimum atomic E-state index is 0.0501. The summed E-state index contributed by atoms with van der Waals surface area (Å²) in [5, 5.41) is 0. The Balaban J connectivity index is 1.85. The van der Waals surface area contributed by atoms with Crippen LogP contribution in [0.15, 0.2) is 12.7 Å². The first-order valence-electron chi connectivity index (χ1n) is 7.18. The molecule has 4 heteroatoms. The molecule has 2 aliphatic rings. The molecule has 3 rings (SSSR count). The van der Waals surface area contributed by atoms with Crippen LogP contribution in [0, 0.1) is 6.92 Å². The molecule has 0 N–H and O–H groups in total. The van der Waals surface area contributed by atoms with E-state index in [4.69, 9.17) is 4.98 Å². The summed E-state index contributed by atoms with van der Waals surface area (Å²) in [7, 11) is 0. The van der Waals surface area contributed by atoms with Gasteiger partial charge >= 0.3 is 0 Å². The van der Waals surface area contributed by atoms with Crippen molar-refractivity contribution in [3.05, 3.63) is 29.9 Å². The van der Waals surface area contributed by atoms with Crippen molar-refractivity contribution in [2.45, 2.75) is 45.1 Å². The fraction of sp³-hybridized carbons (Fsp3) is 0.600. The van der Waals surface area contributed by atoms with Crippen LogP contribution in [0.2, 0.25) is 0 Å². The average Bonchev–Trinajstić information content (AvgIpc) is 3.00. The number of carbonyl (C=O) groups excluding carboxylic acids is 1. The van der Waals surface area contributed by atoms with Crippen LogP contribution in [0.5, 0.6) is 0 Å². The summed E-state index contributed by atoms with van der Waals surface area (Å²) >= 11 is 0. The molecule has 0 saturated carbocycles. The highest BCUT2D eigenvalue weighted by molar-refractivity contribution is 5.87. The number of aryl methyl sites for hydroxylation is 2. The van der Waals surface area contributed by atoms with Gasteiger partial charge in [0.25, 0.3) is 0 Å². The third-order valence-electron chi connectivity index (χ3n) is 4.36. The predicted octanol–water partition coefficient (Wildman–Crippen LogP) is 2.03. The van der Waals surface area contributed by atoms with Gasteiger partial charge in [0.1, 0.15) is 5.82 Å². The number of hydrogen-bond acceptors (Lipinski definition) is 2. The number of hydrogen-bond donors (Lipinski definition) is 0. The SMILES string of the molecule is C=CC(=O)N1CCC(n2c(C)nc3c2CCCC3)C1. The van der Waals surface area contributed by atoms with E-state index in [1.54, 1.807) is 0 Å². The van der Waals surface area contributed by atoms with E-state index in [1.165, 1.54) is 30.3 Å². The molecule has 102 valence electrons. The smallest absolute Gasteiger partial charge is 0.246 e. The van der Waals surface area contributed by atoms with Gasteiger partial charge in [-0.25, -0.2) is 4.98 Å². The highest BCUT2D eigenvalue weighted by Gasteiger charge is 2.30. The van der Waals surface area contributed by atoms with E-state index >= 15 is 0 Å². The van der Waals surface area contributed by atoms with Crippen LogP contribution in [0.25, 0.3) is 0 Å². The first kappa shape index (κ1) is 12.5. The van der Waals surface area contributed by atoms with Crippen molar-refractivity contribution in [1.29, 1.82) is 0 Å². The fourth-order valence-electron chi connectivity index (χ4n) is 3.46. The van der Waals surface area contributed by atoms with Gasteiger partial charge < -0.3 is 9.47 Å². The van der Waals surface area contributed by atoms with Gasteiger partial charge in [0.2, 0.25) is 5.91 Å². The molecule has 0 aromatic carbocycles. The van der Waals surface area contributed by atoms with Crippen LogP contribution in [-0.4, -0.2) is 33.4 Å². The number of nitrogens with zero attached hydrogens (tertiary/aromatic N) is 3. The van der Waals surface area contributed by atoms with Crippen LogP contribution in [-0.2, 0) is 17.6 Å². The quantitative estimate of drug-likeness (QED) is 0.762. The summed E-state index contributed by atoms with van der Waals surface area (Å²) in [5.41, 5.74) is 2.71. The van der Waals surface area contributed by atoms with Gasteiger partial charge in [-0.15, -0.1) is 0 Å². The average molecular weight is 259 g/mol. The van der Waals surface area contributed by atoms with Crippen molar-refractivity contribution in [2.75, 3.05) is 13.1 Å². The predicted molar refractivity (Wildman–Crippen MR) is 74.0 cm³/mol. The van der Waals surface area contributed by atoms with E-state index in [0.29, 0.717) is 6.04 Å². The Morgan fingerprint density at radius 2 is 2.21 bits per heavy atom. The lowest BCUT2D eigenvalue weighted by Gasteiger charge is -2.20. The second kappa shape index (κ2) is 4.83. The second-order valence-corrected chi connectivity index (χ2v) is 5.56. The molecule has 1 aromatic heterocycles. The fourth-order valence-corrected chi connectivity index (χ4v) is 3.46. The van der Waals surface area contributed by atoms with E-state index in [0.717, 1.165) is 38.2 Å². The summed E-state index contributed by atoms with van der Waals surface area (Å²) in [6.07, 6.45) is 7.23. The molecule has 1 aliphatic carbocycles. The zero-order chi connectivity index (χ0) is 13.4. The number of likely N-dealkylation sites (tertiary alicyclic amines) is 1. The van der Waals surface area contributed by atoms with Crippen LogP contribution < -0.4 is 0 Å². The van der Waals surface area contributed by atoms with Crippen molar-refractivity contribution in [2.24, 2.45) is 0 Å². The molecule has 1 aliphatic heterocycles. The summed E-state index contributed by atoms with van der Waals surface area (Å²) in [4.78, 5) is 18.3. The Hall–Kier alpha value is -1.58. The number of fused-ring (bicyclic) bond motifs is 1. The van der Waals surface area contributed by atoms with Gasteiger partial charge in [0.15, 0.2) is 0 Å². The molecule has 4 nitrogen and oxygen atoms in total. The minimum Gasteiger partial charge on any atom is -0.337 e. The molecule has 0 bridgehead atoms. The zero-order valence-electron chi connectivity index (χ0n) is 11.6. The standard InChI is InChI=1S/C15H21N3O/c1-3-15(19)17-9-8-12(10-17)18-11(2)16-13-6-4-5-7-14(13)18/h3,12H,1,4-10H2,2H3. The van der Waals surface area contributed by atoms with Crippen molar-refractivity contribution in [1.82, 2.24) is 14.5 Å². The number of carbonyl (C=O) groups is 1. The Morgan fingerprint density at radius 3 is 3.00 bits per heavy atom. The van der Waals surface area contributed by atoms with Crippen LogP contribution in [0.4, 0.5) is 0 Å². The van der Waals surface area contributed by atoms with Gasteiger partial charge in [-0.3, -0.25) is 4.79 Å². The minimum absolute atomic E-state index is 0.0501. The molecular formula is C15H21N3O. The summed E-state index contributed by atoms with van der Waals surface area (Å²) < 4.78 is 2.39. The molecule has 19 heavy (non-hydrogen) atoms. The number of amides is 1. The molecule has 0 spiro atoms. The van der Waals surface area contributed by atoms with Crippen LogP contribution >= 0.6 is 0 Å². The van der Waals surface area contributed by atoms with E-state index < -0.39 is 0 Å². The summed E-state index contributed by atoms with van der Waals surface area (Å²) in [6, 6.07) is 0.401. The van der Waals surface area contributed by atoms with Crippen LogP contribution in [0.1, 0.15) is 42.5 Å². The van der Waals surface area contributed by atoms with Gasteiger partial charge in [-0.2, -0.15) is 0 Å². The maximum Gasteiger partial charge on any atom is 0.246 e. The van der Waals surface area contributed by atoms with Gasteiger partial charge in [-0.1, -0.05) is 6.58 Å². The van der Waals surface area contributed by atoms with Gasteiger partial charge in [-0.05, 0) is 45.1 Å². The summed E-state index contributed by atoms with van der Waals surface area (Å²) in [5.74, 6) is 1.17. The Labute approximate surface area is 114 Å². The molecular weight excluding hydrogens is 238 g/mol. The zero-order valence-corrected chi connectivity index (χ0v) is 11.6. The number of rotatable bonds is 2. The Kier molecular flexibility index (Phi) is 3.17. The molecule has 2 heterocycles. The Morgan fingerprint density at radius 1 is 1.42 bits per heavy atom. The first-order chi connectivity index (χ1) is 9.20. The molecule has 1 amide bonds. The molecule has 0 radical (unpaired) electrons. The van der Waals surface area contributed by atoms with Crippen molar-refractivity contribution < 1.29 is 4.79 Å².